The van der Waals surface area contributed by atoms with E-state index in [1.807, 2.05) is 26.8 Å². The highest BCUT2D eigenvalue weighted by atomic mass is 16.5. The molecule has 0 radical (unpaired) electrons. The summed E-state index contributed by atoms with van der Waals surface area (Å²) in [5.74, 6) is 1.71. The lowest BCUT2D eigenvalue weighted by molar-refractivity contribution is 0.269. The lowest BCUT2D eigenvalue weighted by atomic mass is 9.93. The van der Waals surface area contributed by atoms with E-state index in [-0.39, 0.29) is 12.5 Å². The highest BCUT2D eigenvalue weighted by Gasteiger charge is 2.18. The van der Waals surface area contributed by atoms with Crippen molar-refractivity contribution in [1.29, 1.82) is 0 Å². The summed E-state index contributed by atoms with van der Waals surface area (Å²) in [5, 5.41) is 9.26. The van der Waals surface area contributed by atoms with Gasteiger partial charge >= 0.3 is 0 Å². The SMILES string of the molecule is COc1cc(C)c(C(C)CO)c(OC)c1C. The summed E-state index contributed by atoms with van der Waals surface area (Å²) in [7, 11) is 3.30. The first-order chi connectivity index (χ1) is 7.56. The van der Waals surface area contributed by atoms with Crippen molar-refractivity contribution < 1.29 is 14.6 Å². The van der Waals surface area contributed by atoms with Gasteiger partial charge in [0.2, 0.25) is 0 Å². The van der Waals surface area contributed by atoms with Gasteiger partial charge in [-0.2, -0.15) is 0 Å². The Kier molecular flexibility index (Phi) is 4.19. The average molecular weight is 224 g/mol. The fraction of sp³-hybridized carbons (Fsp3) is 0.538. The van der Waals surface area contributed by atoms with Crippen LogP contribution in [0.5, 0.6) is 11.5 Å². The third-order valence-corrected chi connectivity index (χ3v) is 2.92. The summed E-state index contributed by atoms with van der Waals surface area (Å²) in [6, 6.07) is 1.99. The van der Waals surface area contributed by atoms with Gasteiger partial charge in [0.05, 0.1) is 14.2 Å². The Morgan fingerprint density at radius 3 is 2.31 bits per heavy atom. The van der Waals surface area contributed by atoms with Crippen LogP contribution in [0, 0.1) is 13.8 Å². The average Bonchev–Trinajstić information content (AvgIpc) is 2.29. The molecule has 1 N–H and O–H groups in total. The first-order valence-corrected chi connectivity index (χ1v) is 5.39. The second-order valence-corrected chi connectivity index (χ2v) is 4.05. The molecule has 90 valence electrons. The Hall–Kier alpha value is -1.22. The molecule has 0 heterocycles. The van der Waals surface area contributed by atoms with Crippen molar-refractivity contribution in [3.05, 3.63) is 22.8 Å². The monoisotopic (exact) mass is 224 g/mol. The molecule has 1 aromatic carbocycles. The quantitative estimate of drug-likeness (QED) is 0.853. The van der Waals surface area contributed by atoms with Crippen molar-refractivity contribution in [1.82, 2.24) is 0 Å². The van der Waals surface area contributed by atoms with Gasteiger partial charge in [0.15, 0.2) is 0 Å². The van der Waals surface area contributed by atoms with Crippen LogP contribution in [0.15, 0.2) is 6.07 Å². The van der Waals surface area contributed by atoms with E-state index in [4.69, 9.17) is 9.47 Å². The molecule has 0 aliphatic carbocycles. The number of rotatable bonds is 4. The largest absolute Gasteiger partial charge is 0.496 e. The molecule has 0 aliphatic rings. The minimum atomic E-state index is 0.0690. The Morgan fingerprint density at radius 2 is 1.88 bits per heavy atom. The summed E-state index contributed by atoms with van der Waals surface area (Å²) < 4.78 is 10.7. The van der Waals surface area contributed by atoms with Crippen LogP contribution in [0.4, 0.5) is 0 Å². The second-order valence-electron chi connectivity index (χ2n) is 4.05. The van der Waals surface area contributed by atoms with Gasteiger partial charge in [-0.25, -0.2) is 0 Å². The summed E-state index contributed by atoms with van der Waals surface area (Å²) in [4.78, 5) is 0. The first kappa shape index (κ1) is 12.8. The van der Waals surface area contributed by atoms with E-state index in [9.17, 15) is 5.11 Å². The minimum Gasteiger partial charge on any atom is -0.496 e. The van der Waals surface area contributed by atoms with E-state index in [1.54, 1.807) is 14.2 Å². The smallest absolute Gasteiger partial charge is 0.129 e. The van der Waals surface area contributed by atoms with Gasteiger partial charge in [0, 0.05) is 23.7 Å². The minimum absolute atomic E-state index is 0.0690. The van der Waals surface area contributed by atoms with Gasteiger partial charge in [0.1, 0.15) is 11.5 Å². The van der Waals surface area contributed by atoms with Gasteiger partial charge in [-0.05, 0) is 25.5 Å². The van der Waals surface area contributed by atoms with E-state index < -0.39 is 0 Å². The number of hydrogen-bond donors (Lipinski definition) is 1. The molecule has 3 nitrogen and oxygen atoms in total. The van der Waals surface area contributed by atoms with Crippen molar-refractivity contribution in [2.45, 2.75) is 26.7 Å². The number of aliphatic hydroxyl groups is 1. The molecule has 1 unspecified atom stereocenters. The fourth-order valence-electron chi connectivity index (χ4n) is 2.05. The molecule has 0 aliphatic heterocycles. The Labute approximate surface area is 97.0 Å². The van der Waals surface area contributed by atoms with Crippen LogP contribution in [-0.2, 0) is 0 Å². The van der Waals surface area contributed by atoms with E-state index in [1.165, 1.54) is 0 Å². The molecule has 0 bridgehead atoms. The van der Waals surface area contributed by atoms with E-state index >= 15 is 0 Å². The molecular weight excluding hydrogens is 204 g/mol. The third-order valence-electron chi connectivity index (χ3n) is 2.92. The second kappa shape index (κ2) is 5.21. The molecule has 0 spiro atoms. The maximum Gasteiger partial charge on any atom is 0.129 e. The van der Waals surface area contributed by atoms with Gasteiger partial charge in [-0.15, -0.1) is 0 Å². The van der Waals surface area contributed by atoms with E-state index in [0.29, 0.717) is 0 Å². The number of aliphatic hydroxyl groups excluding tert-OH is 1. The Morgan fingerprint density at radius 1 is 1.25 bits per heavy atom. The summed E-state index contributed by atoms with van der Waals surface area (Å²) in [5.41, 5.74) is 3.12. The molecule has 0 saturated heterocycles. The standard InChI is InChI=1S/C13H20O3/c1-8-6-11(15-4)10(3)13(16-5)12(8)9(2)7-14/h6,9,14H,7H2,1-5H3. The van der Waals surface area contributed by atoms with Crippen LogP contribution in [0.3, 0.4) is 0 Å². The molecule has 0 amide bonds. The summed E-state index contributed by atoms with van der Waals surface area (Å²) in [6.07, 6.45) is 0. The maximum absolute atomic E-state index is 9.26. The highest BCUT2D eigenvalue weighted by molar-refractivity contribution is 5.54. The third kappa shape index (κ3) is 2.14. The van der Waals surface area contributed by atoms with Gasteiger partial charge in [0.25, 0.3) is 0 Å². The van der Waals surface area contributed by atoms with Crippen molar-refractivity contribution in [3.8, 4) is 11.5 Å². The van der Waals surface area contributed by atoms with Crippen LogP contribution in [-0.4, -0.2) is 25.9 Å². The summed E-state index contributed by atoms with van der Waals surface area (Å²) in [6.45, 7) is 6.07. The van der Waals surface area contributed by atoms with Gasteiger partial charge in [-0.1, -0.05) is 6.92 Å². The zero-order valence-electron chi connectivity index (χ0n) is 10.6. The molecule has 16 heavy (non-hydrogen) atoms. The van der Waals surface area contributed by atoms with Crippen LogP contribution in [0.1, 0.15) is 29.5 Å². The lowest BCUT2D eigenvalue weighted by Crippen LogP contribution is -2.06. The molecule has 0 aromatic heterocycles. The van der Waals surface area contributed by atoms with Crippen LogP contribution >= 0.6 is 0 Å². The van der Waals surface area contributed by atoms with Crippen LogP contribution in [0.2, 0.25) is 0 Å². The maximum atomic E-state index is 9.26. The molecule has 1 rings (SSSR count). The molecule has 1 atom stereocenters. The highest BCUT2D eigenvalue weighted by Crippen LogP contribution is 2.38. The Balaban J connectivity index is 3.42. The number of benzene rings is 1. The number of hydrogen-bond acceptors (Lipinski definition) is 3. The van der Waals surface area contributed by atoms with E-state index in [0.717, 1.165) is 28.2 Å². The van der Waals surface area contributed by atoms with Crippen molar-refractivity contribution in [2.75, 3.05) is 20.8 Å². The molecule has 0 saturated carbocycles. The summed E-state index contributed by atoms with van der Waals surface area (Å²) >= 11 is 0. The molecule has 1 aromatic rings. The van der Waals surface area contributed by atoms with Gasteiger partial charge < -0.3 is 14.6 Å². The normalized spacial score (nSPS) is 12.4. The van der Waals surface area contributed by atoms with Crippen molar-refractivity contribution in [3.63, 3.8) is 0 Å². The Bertz CT molecular complexity index is 372. The molecule has 3 heteroatoms. The van der Waals surface area contributed by atoms with Crippen LogP contribution in [0.25, 0.3) is 0 Å². The number of methoxy groups -OCH3 is 2. The van der Waals surface area contributed by atoms with Crippen molar-refractivity contribution in [2.24, 2.45) is 0 Å². The van der Waals surface area contributed by atoms with E-state index in [2.05, 4.69) is 0 Å². The van der Waals surface area contributed by atoms with Crippen LogP contribution < -0.4 is 9.47 Å². The zero-order chi connectivity index (χ0) is 12.3. The number of ether oxygens (including phenoxy) is 2. The topological polar surface area (TPSA) is 38.7 Å². The fourth-order valence-corrected chi connectivity index (χ4v) is 2.05. The van der Waals surface area contributed by atoms with Gasteiger partial charge in [-0.3, -0.25) is 0 Å². The molecule has 0 fully saturated rings. The number of aryl methyl sites for hydroxylation is 1. The lowest BCUT2D eigenvalue weighted by Gasteiger charge is -2.20. The van der Waals surface area contributed by atoms with Crippen molar-refractivity contribution >= 4 is 0 Å². The first-order valence-electron chi connectivity index (χ1n) is 5.39. The predicted molar refractivity (Wildman–Crippen MR) is 64.5 cm³/mol. The molecular formula is C13H20O3. The predicted octanol–water partition coefficient (Wildman–Crippen LogP) is 2.42. The zero-order valence-corrected chi connectivity index (χ0v) is 10.6.